The molecular weight excluding hydrogens is 106 g/mol. The van der Waals surface area contributed by atoms with Gasteiger partial charge >= 0.3 is 0 Å². The van der Waals surface area contributed by atoms with Crippen molar-refractivity contribution >= 4 is 11.8 Å². The Hall–Kier alpha value is -1.12. The van der Waals surface area contributed by atoms with Gasteiger partial charge in [0.15, 0.2) is 0 Å². The van der Waals surface area contributed by atoms with Crippen molar-refractivity contribution < 1.29 is 9.59 Å². The first-order valence-corrected chi connectivity index (χ1v) is 1.82. The molecule has 4 radical (unpaired) electrons. The lowest BCUT2D eigenvalue weighted by Gasteiger charge is -1.80. The molecule has 40 valence electrons. The van der Waals surface area contributed by atoms with Gasteiger partial charge in [-0.3, -0.25) is 14.9 Å². The van der Waals surface area contributed by atoms with Crippen molar-refractivity contribution in [2.24, 2.45) is 0 Å². The molecule has 0 aliphatic carbocycles. The van der Waals surface area contributed by atoms with E-state index >= 15 is 0 Å². The van der Waals surface area contributed by atoms with E-state index in [1.807, 2.05) is 5.32 Å². The van der Waals surface area contributed by atoms with Crippen LogP contribution in [0, 0.1) is 7.43 Å². The lowest BCUT2D eigenvalue weighted by atomic mass is 10.6. The first-order valence-electron chi connectivity index (χ1n) is 1.82. The maximum Gasteiger partial charge on any atom is 0.250 e. The van der Waals surface area contributed by atoms with Crippen LogP contribution in [0.4, 0.5) is 0 Å². The van der Waals surface area contributed by atoms with Gasteiger partial charge in [-0.1, -0.05) is 0 Å². The van der Waals surface area contributed by atoms with Gasteiger partial charge in [-0.05, 0) is 0 Å². The summed E-state index contributed by atoms with van der Waals surface area (Å²) in [6.45, 7) is 0. The monoisotopic (exact) mass is 109 g/mol. The quantitative estimate of drug-likeness (QED) is 0.417. The topological polar surface area (TPSA) is 46.2 Å². The summed E-state index contributed by atoms with van der Waals surface area (Å²) in [6.07, 6.45) is 2.39. The van der Waals surface area contributed by atoms with Gasteiger partial charge in [-0.15, -0.1) is 0 Å². The number of imide groups is 1. The van der Waals surface area contributed by atoms with Gasteiger partial charge in [0.2, 0.25) is 0 Å². The molecular formula is C5H3NO2. The Kier molecular flexibility index (Phi) is 1.94. The number of rotatable bonds is 0. The second-order valence-corrected chi connectivity index (χ2v) is 1.19. The lowest BCUT2D eigenvalue weighted by molar-refractivity contribution is -0.123. The van der Waals surface area contributed by atoms with E-state index in [2.05, 4.69) is 0 Å². The van der Waals surface area contributed by atoms with E-state index in [1.54, 1.807) is 0 Å². The van der Waals surface area contributed by atoms with Crippen LogP contribution in [0.1, 0.15) is 0 Å². The summed E-state index contributed by atoms with van der Waals surface area (Å²) >= 11 is 0. The molecule has 1 aliphatic rings. The number of hydrogen-bond acceptors (Lipinski definition) is 2. The Morgan fingerprint density at radius 2 is 1.50 bits per heavy atom. The van der Waals surface area contributed by atoms with E-state index in [4.69, 9.17) is 0 Å². The van der Waals surface area contributed by atoms with Crippen LogP contribution in [0.2, 0.25) is 0 Å². The Bertz CT molecular complexity index is 133. The number of nitrogens with one attached hydrogen (secondary N) is 1. The van der Waals surface area contributed by atoms with Crippen molar-refractivity contribution in [3.63, 3.8) is 0 Å². The Labute approximate surface area is 47.4 Å². The molecule has 0 aromatic carbocycles. The van der Waals surface area contributed by atoms with Crippen molar-refractivity contribution in [1.29, 1.82) is 0 Å². The fourth-order valence-corrected chi connectivity index (χ4v) is 0.356. The molecule has 1 rings (SSSR count). The van der Waals surface area contributed by atoms with E-state index in [-0.39, 0.29) is 19.2 Å². The van der Waals surface area contributed by atoms with Crippen LogP contribution in [0.15, 0.2) is 12.2 Å². The second kappa shape index (κ2) is 2.26. The maximum atomic E-state index is 10.0. The van der Waals surface area contributed by atoms with Gasteiger partial charge in [0.05, 0.1) is 0 Å². The molecule has 1 heterocycles. The van der Waals surface area contributed by atoms with Gasteiger partial charge in [-0.2, -0.15) is 0 Å². The zero-order valence-electron chi connectivity index (χ0n) is 3.97. The molecule has 0 unspecified atom stereocenters. The molecule has 0 saturated carbocycles. The minimum absolute atomic E-state index is 0. The van der Waals surface area contributed by atoms with Crippen molar-refractivity contribution in [2.45, 2.75) is 0 Å². The highest BCUT2D eigenvalue weighted by atomic mass is 16.2. The number of hydrogen-bond donors (Lipinski definition) is 1. The number of carbonyl (C=O) groups is 2. The third-order valence-electron chi connectivity index (χ3n) is 0.632. The van der Waals surface area contributed by atoms with Crippen molar-refractivity contribution in [3.8, 4) is 0 Å². The summed E-state index contributed by atoms with van der Waals surface area (Å²) in [5, 5.41) is 2.03. The van der Waals surface area contributed by atoms with Crippen LogP contribution in [0.3, 0.4) is 0 Å². The van der Waals surface area contributed by atoms with E-state index in [0.29, 0.717) is 0 Å². The zero-order chi connectivity index (χ0) is 5.28. The molecule has 0 fully saturated rings. The predicted octanol–water partition coefficient (Wildman–Crippen LogP) is -0.720. The highest BCUT2D eigenvalue weighted by Crippen LogP contribution is 1.82. The van der Waals surface area contributed by atoms with Crippen LogP contribution in [0.5, 0.6) is 0 Å². The average Bonchev–Trinajstić information content (AvgIpc) is 1.87. The number of carbonyl (C=O) groups excluding carboxylic acids is 2. The molecule has 2 amide bonds. The summed E-state index contributed by atoms with van der Waals surface area (Å²) in [7, 11) is 0. The van der Waals surface area contributed by atoms with Crippen LogP contribution in [-0.4, -0.2) is 11.8 Å². The van der Waals surface area contributed by atoms with Gasteiger partial charge < -0.3 is 0 Å². The maximum absolute atomic E-state index is 10.0. The molecule has 3 heteroatoms. The fraction of sp³-hybridized carbons (Fsp3) is 0. The van der Waals surface area contributed by atoms with Gasteiger partial charge in [0, 0.05) is 19.6 Å². The van der Waals surface area contributed by atoms with Crippen LogP contribution in [-0.2, 0) is 9.59 Å². The number of amides is 2. The molecule has 0 spiro atoms. The summed E-state index contributed by atoms with van der Waals surface area (Å²) in [6, 6.07) is 0. The van der Waals surface area contributed by atoms with Crippen LogP contribution < -0.4 is 5.32 Å². The highest BCUT2D eigenvalue weighted by molar-refractivity contribution is 6.12. The van der Waals surface area contributed by atoms with Gasteiger partial charge in [-0.25, -0.2) is 0 Å². The summed E-state index contributed by atoms with van der Waals surface area (Å²) in [5.74, 6) is -0.657. The van der Waals surface area contributed by atoms with E-state index in [9.17, 15) is 9.59 Å². The minimum atomic E-state index is -0.329. The zero-order valence-corrected chi connectivity index (χ0v) is 3.97. The molecule has 3 nitrogen and oxygen atoms in total. The summed E-state index contributed by atoms with van der Waals surface area (Å²) < 4.78 is 0. The molecule has 1 N–H and O–H groups in total. The lowest BCUT2D eigenvalue weighted by Crippen LogP contribution is -2.19. The van der Waals surface area contributed by atoms with Crippen LogP contribution >= 0.6 is 0 Å². The third kappa shape index (κ3) is 1.18. The third-order valence-corrected chi connectivity index (χ3v) is 0.632. The molecule has 1 aliphatic heterocycles. The normalized spacial score (nSPS) is 15.5. The van der Waals surface area contributed by atoms with E-state index in [1.165, 1.54) is 12.2 Å². The molecule has 0 aromatic rings. The SMILES string of the molecule is O=C1C=CC(=O)N1.[C]. The molecule has 0 saturated heterocycles. The smallest absolute Gasteiger partial charge is 0.250 e. The Morgan fingerprint density at radius 3 is 1.62 bits per heavy atom. The summed E-state index contributed by atoms with van der Waals surface area (Å²) in [4.78, 5) is 20.1. The summed E-state index contributed by atoms with van der Waals surface area (Å²) in [5.41, 5.74) is 0. The van der Waals surface area contributed by atoms with Crippen LogP contribution in [0.25, 0.3) is 0 Å². The minimum Gasteiger partial charge on any atom is -0.289 e. The fourth-order valence-electron chi connectivity index (χ4n) is 0.356. The Balaban J connectivity index is 0.000000490. The van der Waals surface area contributed by atoms with Crippen molar-refractivity contribution in [3.05, 3.63) is 19.6 Å². The molecule has 8 heavy (non-hydrogen) atoms. The first kappa shape index (κ1) is 6.88. The average molecular weight is 109 g/mol. The van der Waals surface area contributed by atoms with E-state index in [0.717, 1.165) is 0 Å². The van der Waals surface area contributed by atoms with E-state index < -0.39 is 0 Å². The highest BCUT2D eigenvalue weighted by Gasteiger charge is 2.06. The van der Waals surface area contributed by atoms with Gasteiger partial charge in [0.1, 0.15) is 0 Å². The second-order valence-electron chi connectivity index (χ2n) is 1.19. The standard InChI is InChI=1S/C4H3NO2.C/c6-3-1-2-4(7)5-3;/h1-2H,(H,5,6,7);. The predicted molar refractivity (Wildman–Crippen MR) is 25.5 cm³/mol. The Morgan fingerprint density at radius 1 is 1.12 bits per heavy atom. The molecule has 0 aromatic heterocycles. The van der Waals surface area contributed by atoms with Crippen molar-refractivity contribution in [1.82, 2.24) is 5.32 Å². The molecule has 0 atom stereocenters. The largest absolute Gasteiger partial charge is 0.289 e. The first-order chi connectivity index (χ1) is 3.29. The van der Waals surface area contributed by atoms with Crippen molar-refractivity contribution in [2.75, 3.05) is 0 Å². The van der Waals surface area contributed by atoms with Gasteiger partial charge in [0.25, 0.3) is 11.8 Å². The molecule has 0 bridgehead atoms.